The van der Waals surface area contributed by atoms with Crippen LogP contribution in [0, 0.1) is 17.2 Å². The van der Waals surface area contributed by atoms with Crippen LogP contribution in [0.1, 0.15) is 12.8 Å². The van der Waals surface area contributed by atoms with Gasteiger partial charge in [-0.3, -0.25) is 0 Å². The second kappa shape index (κ2) is 5.31. The molecule has 0 spiro atoms. The van der Waals surface area contributed by atoms with Crippen LogP contribution in [0.25, 0.3) is 0 Å². The molecule has 2 heterocycles. The van der Waals surface area contributed by atoms with Gasteiger partial charge in [0.15, 0.2) is 0 Å². The molecule has 2 aliphatic heterocycles. The van der Waals surface area contributed by atoms with E-state index in [1.54, 1.807) is 0 Å². The molecule has 2 aliphatic rings. The van der Waals surface area contributed by atoms with Gasteiger partial charge in [-0.15, -0.1) is 0 Å². The third kappa shape index (κ3) is 2.77. The molecule has 0 saturated carbocycles. The fourth-order valence-corrected chi connectivity index (χ4v) is 3.86. The molecule has 2 saturated heterocycles. The topological polar surface area (TPSA) is 73.6 Å². The lowest BCUT2D eigenvalue weighted by atomic mass is 10.0. The fraction of sp³-hybridized carbons (Fsp3) is 0.900. The molecule has 0 aromatic carbocycles. The number of ether oxygens (including phenoxy) is 1. The summed E-state index contributed by atoms with van der Waals surface area (Å²) in [7, 11) is -3.39. The van der Waals surface area contributed by atoms with Gasteiger partial charge in [0.1, 0.15) is 0 Å². The van der Waals surface area contributed by atoms with Crippen LogP contribution >= 0.6 is 0 Å². The highest BCUT2D eigenvalue weighted by atomic mass is 32.2. The second-order valence-corrected chi connectivity index (χ2v) is 6.27. The minimum Gasteiger partial charge on any atom is -0.379 e. The SMILES string of the molecule is N#CC1CCCN(S(=O)(=O)N2CCOCC2)C1. The molecule has 6 nitrogen and oxygen atoms in total. The first-order valence-electron chi connectivity index (χ1n) is 5.87. The van der Waals surface area contributed by atoms with E-state index in [9.17, 15) is 8.42 Å². The number of piperidine rings is 1. The van der Waals surface area contributed by atoms with E-state index < -0.39 is 10.2 Å². The lowest BCUT2D eigenvalue weighted by molar-refractivity contribution is 0.0694. The van der Waals surface area contributed by atoms with Crippen molar-refractivity contribution in [1.82, 2.24) is 8.61 Å². The van der Waals surface area contributed by atoms with E-state index in [0.717, 1.165) is 12.8 Å². The van der Waals surface area contributed by atoms with Crippen molar-refractivity contribution in [1.29, 1.82) is 5.26 Å². The largest absolute Gasteiger partial charge is 0.379 e. The highest BCUT2D eigenvalue weighted by Crippen LogP contribution is 2.21. The van der Waals surface area contributed by atoms with Gasteiger partial charge in [-0.1, -0.05) is 0 Å². The summed E-state index contributed by atoms with van der Waals surface area (Å²) in [4.78, 5) is 0. The minimum absolute atomic E-state index is 0.167. The number of nitrogens with zero attached hydrogens (tertiary/aromatic N) is 3. The number of rotatable bonds is 2. The Labute approximate surface area is 102 Å². The van der Waals surface area contributed by atoms with E-state index in [1.807, 2.05) is 0 Å². The van der Waals surface area contributed by atoms with Crippen molar-refractivity contribution in [3.8, 4) is 6.07 Å². The Morgan fingerprint density at radius 3 is 2.53 bits per heavy atom. The summed E-state index contributed by atoms with van der Waals surface area (Å²) in [6.07, 6.45) is 1.56. The molecule has 7 heteroatoms. The van der Waals surface area contributed by atoms with Crippen LogP contribution in [-0.2, 0) is 14.9 Å². The summed E-state index contributed by atoms with van der Waals surface area (Å²) in [5.74, 6) is -0.167. The van der Waals surface area contributed by atoms with Gasteiger partial charge in [0.05, 0.1) is 25.2 Å². The first-order valence-corrected chi connectivity index (χ1v) is 7.27. The Bertz CT molecular complexity index is 398. The monoisotopic (exact) mass is 259 g/mol. The molecule has 17 heavy (non-hydrogen) atoms. The number of hydrogen-bond acceptors (Lipinski definition) is 4. The van der Waals surface area contributed by atoms with E-state index in [1.165, 1.54) is 8.61 Å². The Balaban J connectivity index is 2.06. The van der Waals surface area contributed by atoms with Gasteiger partial charge in [-0.05, 0) is 12.8 Å². The minimum atomic E-state index is -3.39. The molecular weight excluding hydrogens is 242 g/mol. The molecule has 0 aromatic rings. The quantitative estimate of drug-likeness (QED) is 0.688. The van der Waals surface area contributed by atoms with Crippen molar-refractivity contribution in [2.24, 2.45) is 5.92 Å². The third-order valence-corrected chi connectivity index (χ3v) is 5.19. The van der Waals surface area contributed by atoms with Gasteiger partial charge in [-0.2, -0.15) is 22.3 Å². The van der Waals surface area contributed by atoms with Crippen molar-refractivity contribution >= 4 is 10.2 Å². The molecule has 1 atom stereocenters. The Morgan fingerprint density at radius 2 is 1.88 bits per heavy atom. The van der Waals surface area contributed by atoms with Gasteiger partial charge < -0.3 is 4.74 Å². The summed E-state index contributed by atoms with van der Waals surface area (Å²) < 4.78 is 32.6. The maximum absolute atomic E-state index is 12.3. The van der Waals surface area contributed by atoms with Gasteiger partial charge in [-0.25, -0.2) is 0 Å². The zero-order chi connectivity index (χ0) is 12.3. The summed E-state index contributed by atoms with van der Waals surface area (Å²) in [6.45, 7) is 2.59. The summed E-state index contributed by atoms with van der Waals surface area (Å²) in [5.41, 5.74) is 0. The van der Waals surface area contributed by atoms with Crippen molar-refractivity contribution in [3.05, 3.63) is 0 Å². The Morgan fingerprint density at radius 1 is 1.18 bits per heavy atom. The van der Waals surface area contributed by atoms with E-state index in [2.05, 4.69) is 6.07 Å². The van der Waals surface area contributed by atoms with Crippen LogP contribution in [0.4, 0.5) is 0 Å². The predicted molar refractivity (Wildman–Crippen MR) is 61.2 cm³/mol. The summed E-state index contributed by atoms with van der Waals surface area (Å²) >= 11 is 0. The fourth-order valence-electron chi connectivity index (χ4n) is 2.20. The molecule has 0 amide bonds. The average molecular weight is 259 g/mol. The van der Waals surface area contributed by atoms with E-state index >= 15 is 0 Å². The summed E-state index contributed by atoms with van der Waals surface area (Å²) in [5, 5.41) is 8.88. The van der Waals surface area contributed by atoms with Crippen molar-refractivity contribution in [3.63, 3.8) is 0 Å². The van der Waals surface area contributed by atoms with Gasteiger partial charge in [0.2, 0.25) is 0 Å². The lowest BCUT2D eigenvalue weighted by Crippen LogP contribution is -2.51. The van der Waals surface area contributed by atoms with E-state index in [4.69, 9.17) is 10.00 Å². The van der Waals surface area contributed by atoms with Crippen LogP contribution in [0.5, 0.6) is 0 Å². The molecule has 0 aliphatic carbocycles. The number of morpholine rings is 1. The zero-order valence-corrected chi connectivity index (χ0v) is 10.5. The molecule has 0 bridgehead atoms. The molecule has 0 aromatic heterocycles. The molecule has 96 valence electrons. The average Bonchev–Trinajstić information content (AvgIpc) is 2.40. The van der Waals surface area contributed by atoms with Gasteiger partial charge in [0, 0.05) is 26.2 Å². The van der Waals surface area contributed by atoms with Crippen molar-refractivity contribution in [2.75, 3.05) is 39.4 Å². The second-order valence-electron chi connectivity index (χ2n) is 4.35. The first-order chi connectivity index (χ1) is 8.14. The standard InChI is InChI=1S/C10H17N3O3S/c11-8-10-2-1-3-13(9-10)17(14,15)12-4-6-16-7-5-12/h10H,1-7,9H2. The van der Waals surface area contributed by atoms with E-state index in [-0.39, 0.29) is 5.92 Å². The first kappa shape index (κ1) is 12.8. The van der Waals surface area contributed by atoms with Crippen LogP contribution in [0.2, 0.25) is 0 Å². The van der Waals surface area contributed by atoms with Gasteiger partial charge >= 0.3 is 0 Å². The van der Waals surface area contributed by atoms with Crippen LogP contribution in [-0.4, -0.2) is 56.4 Å². The van der Waals surface area contributed by atoms with Crippen molar-refractivity contribution in [2.45, 2.75) is 12.8 Å². The molecular formula is C10H17N3O3S. The Kier molecular flexibility index (Phi) is 3.99. The smallest absolute Gasteiger partial charge is 0.282 e. The number of nitriles is 1. The molecule has 0 N–H and O–H groups in total. The van der Waals surface area contributed by atoms with Crippen molar-refractivity contribution < 1.29 is 13.2 Å². The zero-order valence-electron chi connectivity index (χ0n) is 9.71. The van der Waals surface area contributed by atoms with Crippen LogP contribution in [0.15, 0.2) is 0 Å². The summed E-state index contributed by atoms with van der Waals surface area (Å²) in [6, 6.07) is 2.16. The van der Waals surface area contributed by atoms with Crippen LogP contribution < -0.4 is 0 Å². The lowest BCUT2D eigenvalue weighted by Gasteiger charge is -2.35. The van der Waals surface area contributed by atoms with Gasteiger partial charge in [0.25, 0.3) is 10.2 Å². The highest BCUT2D eigenvalue weighted by molar-refractivity contribution is 7.86. The highest BCUT2D eigenvalue weighted by Gasteiger charge is 2.34. The molecule has 2 rings (SSSR count). The third-order valence-electron chi connectivity index (χ3n) is 3.19. The molecule has 1 unspecified atom stereocenters. The maximum atomic E-state index is 12.3. The van der Waals surface area contributed by atoms with E-state index in [0.29, 0.717) is 39.4 Å². The van der Waals surface area contributed by atoms with Crippen LogP contribution in [0.3, 0.4) is 0 Å². The number of hydrogen-bond donors (Lipinski definition) is 0. The predicted octanol–water partition coefficient (Wildman–Crippen LogP) is -0.201. The molecule has 2 fully saturated rings. The molecule has 0 radical (unpaired) electrons. The Hall–Kier alpha value is -0.680. The maximum Gasteiger partial charge on any atom is 0.282 e. The normalized spacial score (nSPS) is 28.8.